The molecule has 1 fully saturated rings. The number of hydrogen-bond acceptors (Lipinski definition) is 5. The lowest BCUT2D eigenvalue weighted by atomic mass is 9.86. The molecule has 2 aromatic heterocycles. The zero-order valence-corrected chi connectivity index (χ0v) is 22.6. The van der Waals surface area contributed by atoms with Gasteiger partial charge in [0.15, 0.2) is 11.5 Å². The lowest BCUT2D eigenvalue weighted by Gasteiger charge is -2.28. The van der Waals surface area contributed by atoms with Crippen molar-refractivity contribution in [3.63, 3.8) is 0 Å². The molecule has 1 aliphatic rings. The molecule has 0 bridgehead atoms. The van der Waals surface area contributed by atoms with Crippen LogP contribution < -0.4 is 5.56 Å². The molecule has 14 heteroatoms. The minimum Gasteiger partial charge on any atom is -0.481 e. The number of nitrogens with zero attached hydrogens (tertiary/aromatic N) is 3. The largest absolute Gasteiger partial charge is 0.481 e. The van der Waals surface area contributed by atoms with E-state index in [1.165, 1.54) is 13.8 Å². The number of carboxylic acids is 1. The van der Waals surface area contributed by atoms with E-state index in [1.807, 2.05) is 0 Å². The summed E-state index contributed by atoms with van der Waals surface area (Å²) in [5.41, 5.74) is -2.35. The second-order valence-corrected chi connectivity index (χ2v) is 10.4. The van der Waals surface area contributed by atoms with Gasteiger partial charge in [-0.1, -0.05) is 0 Å². The first-order valence-corrected chi connectivity index (χ1v) is 13.0. The average Bonchev–Trinajstić information content (AvgIpc) is 3.33. The number of Topliss-reactive ketones (excluding diaryl/α,β-unsaturated/α-hetero) is 1. The third-order valence-electron chi connectivity index (χ3n) is 7.31. The third kappa shape index (κ3) is 6.58. The highest BCUT2D eigenvalue weighted by Gasteiger charge is 2.43. The maximum absolute atomic E-state index is 14.4. The number of aromatic nitrogens is 3. The summed E-state index contributed by atoms with van der Waals surface area (Å²) in [5.74, 6) is -5.69. The molecule has 0 aliphatic heterocycles. The molecule has 2 N–H and O–H groups in total. The third-order valence-corrected chi connectivity index (χ3v) is 7.31. The van der Waals surface area contributed by atoms with Crippen LogP contribution in [-0.4, -0.2) is 49.0 Å². The van der Waals surface area contributed by atoms with E-state index in [-0.39, 0.29) is 48.1 Å². The number of benzene rings is 1. The predicted molar refractivity (Wildman–Crippen MR) is 138 cm³/mol. The van der Waals surface area contributed by atoms with Crippen LogP contribution in [0.15, 0.2) is 35.3 Å². The molecule has 0 saturated heterocycles. The fourth-order valence-corrected chi connectivity index (χ4v) is 5.47. The fourth-order valence-electron chi connectivity index (χ4n) is 5.47. The first-order chi connectivity index (χ1) is 19.6. The minimum atomic E-state index is -5.06. The number of aromatic amines is 1. The summed E-state index contributed by atoms with van der Waals surface area (Å²) >= 11 is 0. The number of aryl methyl sites for hydroxylation is 2. The molecular weight excluding hydrogens is 567 g/mol. The van der Waals surface area contributed by atoms with Gasteiger partial charge in [-0.3, -0.25) is 23.9 Å². The average molecular weight is 595 g/mol. The number of carboxylic acid groups (broad SMARTS) is 1. The number of rotatable bonds is 8. The molecule has 0 atom stereocenters. The molecule has 3 aromatic rings. The molecular formula is C28H27F5N4O5. The molecule has 0 unspecified atom stereocenters. The number of H-pyrrole nitrogens is 1. The van der Waals surface area contributed by atoms with Crippen LogP contribution in [0, 0.1) is 31.4 Å². The highest BCUT2D eigenvalue weighted by molar-refractivity contribution is 6.03. The predicted octanol–water partition coefficient (Wildman–Crippen LogP) is 4.83. The summed E-state index contributed by atoms with van der Waals surface area (Å²) in [6.07, 6.45) is -3.89. The van der Waals surface area contributed by atoms with Gasteiger partial charge in [0, 0.05) is 29.9 Å². The summed E-state index contributed by atoms with van der Waals surface area (Å²) < 4.78 is 71.8. The van der Waals surface area contributed by atoms with E-state index in [2.05, 4.69) is 10.1 Å². The van der Waals surface area contributed by atoms with Gasteiger partial charge in [0.2, 0.25) is 5.56 Å². The molecule has 1 saturated carbocycles. The van der Waals surface area contributed by atoms with E-state index in [1.54, 1.807) is 0 Å². The van der Waals surface area contributed by atoms with Crippen molar-refractivity contribution in [2.24, 2.45) is 5.92 Å². The Balaban J connectivity index is 1.74. The standard InChI is InChI=1S/C28H27F5N4O5/c1-14-7-23(39)35-15(2)24(14)22(38)13-36(12-16-8-18(29)10-19(30)9-16)26(40)21-11-34-37(25(21)28(31,32)33)20-5-3-17(4-6-20)27(41)42/h7-11,17,20H,3-6,12-13H2,1-2H3,(H,35,39)(H,41,42)/t17-,20-. The van der Waals surface area contributed by atoms with Gasteiger partial charge in [-0.15, -0.1) is 0 Å². The van der Waals surface area contributed by atoms with Gasteiger partial charge in [-0.2, -0.15) is 18.3 Å². The number of alkyl halides is 3. The molecule has 1 aromatic carbocycles. The normalized spacial score (nSPS) is 17.2. The zero-order valence-electron chi connectivity index (χ0n) is 22.6. The van der Waals surface area contributed by atoms with Crippen LogP contribution in [0.3, 0.4) is 0 Å². The summed E-state index contributed by atoms with van der Waals surface area (Å²) in [4.78, 5) is 53.3. The Bertz CT molecular complexity index is 1540. The summed E-state index contributed by atoms with van der Waals surface area (Å²) in [7, 11) is 0. The molecule has 0 radical (unpaired) electrons. The van der Waals surface area contributed by atoms with Gasteiger partial charge in [0.1, 0.15) is 11.6 Å². The highest BCUT2D eigenvalue weighted by atomic mass is 19.4. The van der Waals surface area contributed by atoms with Crippen LogP contribution in [0.4, 0.5) is 22.0 Å². The summed E-state index contributed by atoms with van der Waals surface area (Å²) in [6.45, 7) is 1.53. The minimum absolute atomic E-state index is 0.0414. The lowest BCUT2D eigenvalue weighted by molar-refractivity contribution is -0.147. The number of carbonyl (C=O) groups excluding carboxylic acids is 2. The molecule has 0 spiro atoms. The summed E-state index contributed by atoms with van der Waals surface area (Å²) in [6, 6.07) is 2.69. The number of pyridine rings is 1. The fraction of sp³-hybridized carbons (Fsp3) is 0.393. The van der Waals surface area contributed by atoms with Crippen molar-refractivity contribution in [3.05, 3.63) is 86.1 Å². The maximum Gasteiger partial charge on any atom is 0.433 e. The molecule has 224 valence electrons. The van der Waals surface area contributed by atoms with Gasteiger partial charge in [0.05, 0.1) is 30.3 Å². The topological polar surface area (TPSA) is 125 Å². The SMILES string of the molecule is Cc1cc(=O)[nH]c(C)c1C(=O)CN(Cc1cc(F)cc(F)c1)C(=O)c1cnn([C@H]2CC[C@H](C(=O)O)CC2)c1C(F)(F)F. The number of amides is 1. The monoisotopic (exact) mass is 594 g/mol. The number of carbonyl (C=O) groups is 3. The molecule has 9 nitrogen and oxygen atoms in total. The maximum atomic E-state index is 14.4. The lowest BCUT2D eigenvalue weighted by Crippen LogP contribution is -2.37. The Kier molecular flexibility index (Phi) is 8.64. The smallest absolute Gasteiger partial charge is 0.433 e. The molecule has 2 heterocycles. The van der Waals surface area contributed by atoms with Crippen LogP contribution in [0.25, 0.3) is 0 Å². The van der Waals surface area contributed by atoms with Crippen molar-refractivity contribution in [1.29, 1.82) is 0 Å². The van der Waals surface area contributed by atoms with Crippen molar-refractivity contribution in [2.45, 2.75) is 58.3 Å². The van der Waals surface area contributed by atoms with E-state index in [4.69, 9.17) is 0 Å². The van der Waals surface area contributed by atoms with E-state index < -0.39 is 77.3 Å². The van der Waals surface area contributed by atoms with Gasteiger partial charge >= 0.3 is 12.1 Å². The van der Waals surface area contributed by atoms with Gasteiger partial charge in [-0.05, 0) is 62.8 Å². The number of halogens is 5. The molecule has 4 rings (SSSR count). The van der Waals surface area contributed by atoms with Gasteiger partial charge < -0.3 is 15.0 Å². The number of ketones is 1. The van der Waals surface area contributed by atoms with E-state index >= 15 is 0 Å². The molecule has 1 aliphatic carbocycles. The number of aliphatic carboxylic acids is 1. The van der Waals surface area contributed by atoms with Crippen molar-refractivity contribution >= 4 is 17.7 Å². The Morgan fingerprint density at radius 1 is 1.05 bits per heavy atom. The van der Waals surface area contributed by atoms with Crippen molar-refractivity contribution in [1.82, 2.24) is 19.7 Å². The van der Waals surface area contributed by atoms with Crippen molar-refractivity contribution < 1.29 is 41.4 Å². The zero-order chi connectivity index (χ0) is 30.9. The van der Waals surface area contributed by atoms with E-state index in [0.29, 0.717) is 10.7 Å². The van der Waals surface area contributed by atoms with Crippen LogP contribution in [0.1, 0.15) is 75.0 Å². The quantitative estimate of drug-likeness (QED) is 0.285. The second-order valence-electron chi connectivity index (χ2n) is 10.4. The first kappa shape index (κ1) is 30.6. The Hall–Kier alpha value is -4.36. The van der Waals surface area contributed by atoms with Crippen molar-refractivity contribution in [3.8, 4) is 0 Å². The van der Waals surface area contributed by atoms with Crippen LogP contribution in [0.5, 0.6) is 0 Å². The Morgan fingerprint density at radius 2 is 1.67 bits per heavy atom. The van der Waals surface area contributed by atoms with E-state index in [0.717, 1.165) is 29.3 Å². The highest BCUT2D eigenvalue weighted by Crippen LogP contribution is 2.39. The Morgan fingerprint density at radius 3 is 2.21 bits per heavy atom. The van der Waals surface area contributed by atoms with E-state index in [9.17, 15) is 46.2 Å². The van der Waals surface area contributed by atoms with Gasteiger partial charge in [-0.25, -0.2) is 8.78 Å². The molecule has 1 amide bonds. The first-order valence-electron chi connectivity index (χ1n) is 13.0. The van der Waals surface area contributed by atoms with Crippen LogP contribution in [-0.2, 0) is 17.5 Å². The molecule has 42 heavy (non-hydrogen) atoms. The second kappa shape index (κ2) is 11.9. The Labute approximate surface area is 236 Å². The van der Waals surface area contributed by atoms with Crippen LogP contribution in [0.2, 0.25) is 0 Å². The number of nitrogens with one attached hydrogen (secondary N) is 1. The van der Waals surface area contributed by atoms with Gasteiger partial charge in [0.25, 0.3) is 5.91 Å². The number of hydrogen-bond donors (Lipinski definition) is 2. The summed E-state index contributed by atoms with van der Waals surface area (Å²) in [5, 5.41) is 13.1. The van der Waals surface area contributed by atoms with Crippen LogP contribution >= 0.6 is 0 Å². The van der Waals surface area contributed by atoms with Crippen molar-refractivity contribution in [2.75, 3.05) is 6.54 Å².